The first-order valence-electron chi connectivity index (χ1n) is 7.22. The summed E-state index contributed by atoms with van der Waals surface area (Å²) in [6.07, 6.45) is 4.33. The normalized spacial score (nSPS) is 25.6. The highest BCUT2D eigenvalue weighted by Crippen LogP contribution is 2.37. The Morgan fingerprint density at radius 3 is 2.60 bits per heavy atom. The molecule has 1 heterocycles. The van der Waals surface area contributed by atoms with Gasteiger partial charge >= 0.3 is 5.97 Å². The molecule has 0 saturated heterocycles. The first kappa shape index (κ1) is 13.6. The molecule has 2 unspecified atom stereocenters. The maximum Gasteiger partial charge on any atom is 0.307 e. The number of rotatable bonds is 5. The van der Waals surface area contributed by atoms with E-state index >= 15 is 0 Å². The summed E-state index contributed by atoms with van der Waals surface area (Å²) in [6, 6.07) is 4.36. The van der Waals surface area contributed by atoms with Crippen LogP contribution in [0.2, 0.25) is 0 Å². The monoisotopic (exact) mass is 293 g/mol. The number of aliphatic carboxylic acids is 1. The molecule has 2 atom stereocenters. The highest BCUT2D eigenvalue weighted by Gasteiger charge is 2.43. The van der Waals surface area contributed by atoms with Crippen molar-refractivity contribution >= 4 is 23.2 Å². The summed E-state index contributed by atoms with van der Waals surface area (Å²) in [5.41, 5.74) is 0. The van der Waals surface area contributed by atoms with Gasteiger partial charge in [-0.05, 0) is 37.1 Å². The van der Waals surface area contributed by atoms with Crippen LogP contribution in [0.5, 0.6) is 0 Å². The first-order valence-corrected chi connectivity index (χ1v) is 8.10. The number of carbonyl (C=O) groups is 2. The van der Waals surface area contributed by atoms with Crippen molar-refractivity contribution in [1.29, 1.82) is 0 Å². The number of carboxylic acid groups (broad SMARTS) is 1. The highest BCUT2D eigenvalue weighted by molar-refractivity contribution is 7.09. The van der Waals surface area contributed by atoms with Crippen LogP contribution in [0.4, 0.5) is 0 Å². The molecule has 2 fully saturated rings. The molecular formula is C15H19NO3S. The van der Waals surface area contributed by atoms with Crippen LogP contribution >= 0.6 is 11.3 Å². The molecule has 1 aromatic heterocycles. The van der Waals surface area contributed by atoms with Gasteiger partial charge in [-0.3, -0.25) is 9.59 Å². The maximum atomic E-state index is 12.7. The lowest BCUT2D eigenvalue weighted by atomic mass is 9.94. The molecule has 0 aliphatic heterocycles. The smallest absolute Gasteiger partial charge is 0.307 e. The van der Waals surface area contributed by atoms with Gasteiger partial charge in [-0.1, -0.05) is 12.5 Å². The van der Waals surface area contributed by atoms with Gasteiger partial charge in [0.25, 0.3) is 0 Å². The minimum Gasteiger partial charge on any atom is -0.481 e. The summed E-state index contributed by atoms with van der Waals surface area (Å²) in [5.74, 6) is -1.54. The molecule has 2 aliphatic carbocycles. The summed E-state index contributed by atoms with van der Waals surface area (Å²) in [6.45, 7) is 0.643. The third-order valence-electron chi connectivity index (χ3n) is 4.33. The molecule has 0 spiro atoms. The first-order chi connectivity index (χ1) is 9.66. The van der Waals surface area contributed by atoms with Gasteiger partial charge in [0.2, 0.25) is 5.91 Å². The van der Waals surface area contributed by atoms with E-state index in [2.05, 4.69) is 0 Å². The van der Waals surface area contributed by atoms with Crippen LogP contribution in [-0.4, -0.2) is 27.9 Å². The predicted octanol–water partition coefficient (Wildman–Crippen LogP) is 2.74. The van der Waals surface area contributed by atoms with Gasteiger partial charge < -0.3 is 10.0 Å². The van der Waals surface area contributed by atoms with Crippen LogP contribution in [0.25, 0.3) is 0 Å². The molecule has 1 N–H and O–H groups in total. The van der Waals surface area contributed by atoms with E-state index in [4.69, 9.17) is 0 Å². The van der Waals surface area contributed by atoms with Crippen molar-refractivity contribution in [3.05, 3.63) is 22.4 Å². The predicted molar refractivity (Wildman–Crippen MR) is 76.4 cm³/mol. The second-order valence-electron chi connectivity index (χ2n) is 5.76. The zero-order chi connectivity index (χ0) is 14.1. The van der Waals surface area contributed by atoms with E-state index in [0.29, 0.717) is 19.0 Å². The van der Waals surface area contributed by atoms with Crippen LogP contribution in [0, 0.1) is 11.8 Å². The van der Waals surface area contributed by atoms with E-state index in [9.17, 15) is 14.7 Å². The van der Waals surface area contributed by atoms with Gasteiger partial charge in [0.15, 0.2) is 0 Å². The van der Waals surface area contributed by atoms with Crippen molar-refractivity contribution in [3.63, 3.8) is 0 Å². The SMILES string of the molecule is O=C(O)C1CCCC1C(=O)N(Cc1cccs1)C1CC1. The number of amides is 1. The molecule has 0 aromatic carbocycles. The van der Waals surface area contributed by atoms with E-state index in [-0.39, 0.29) is 11.8 Å². The lowest BCUT2D eigenvalue weighted by molar-refractivity contribution is -0.149. The Bertz CT molecular complexity index is 495. The van der Waals surface area contributed by atoms with Crippen molar-refractivity contribution < 1.29 is 14.7 Å². The van der Waals surface area contributed by atoms with Crippen LogP contribution < -0.4 is 0 Å². The molecule has 0 radical (unpaired) electrons. The van der Waals surface area contributed by atoms with Gasteiger partial charge in [-0.15, -0.1) is 11.3 Å². The third kappa shape index (κ3) is 2.73. The van der Waals surface area contributed by atoms with E-state index in [1.807, 2.05) is 22.4 Å². The summed E-state index contributed by atoms with van der Waals surface area (Å²) in [4.78, 5) is 27.1. The zero-order valence-corrected chi connectivity index (χ0v) is 12.1. The number of nitrogens with zero attached hydrogens (tertiary/aromatic N) is 1. The summed E-state index contributed by atoms with van der Waals surface area (Å²) in [5, 5.41) is 11.3. The standard InChI is InChI=1S/C15H19NO3S/c17-14(12-4-1-5-13(12)15(18)19)16(10-6-7-10)9-11-3-2-8-20-11/h2-3,8,10,12-13H,1,4-7,9H2,(H,18,19). The topological polar surface area (TPSA) is 57.6 Å². The van der Waals surface area contributed by atoms with Crippen molar-refractivity contribution in [2.75, 3.05) is 0 Å². The van der Waals surface area contributed by atoms with Crippen molar-refractivity contribution in [2.45, 2.75) is 44.7 Å². The molecule has 2 saturated carbocycles. The minimum atomic E-state index is -0.812. The summed E-state index contributed by atoms with van der Waals surface area (Å²) < 4.78 is 0. The highest BCUT2D eigenvalue weighted by atomic mass is 32.1. The Morgan fingerprint density at radius 2 is 2.00 bits per heavy atom. The second kappa shape index (κ2) is 5.56. The van der Waals surface area contributed by atoms with Gasteiger partial charge in [0, 0.05) is 10.9 Å². The van der Waals surface area contributed by atoms with Crippen LogP contribution in [0.1, 0.15) is 37.0 Å². The Labute approximate surface area is 122 Å². The molecule has 108 valence electrons. The molecule has 20 heavy (non-hydrogen) atoms. The Kier molecular flexibility index (Phi) is 3.78. The number of carboxylic acids is 1. The van der Waals surface area contributed by atoms with E-state index in [1.165, 1.54) is 4.88 Å². The van der Waals surface area contributed by atoms with E-state index < -0.39 is 11.9 Å². The number of thiophene rings is 1. The van der Waals surface area contributed by atoms with E-state index in [0.717, 1.165) is 25.7 Å². The molecule has 3 rings (SSSR count). The van der Waals surface area contributed by atoms with Gasteiger partial charge in [-0.2, -0.15) is 0 Å². The van der Waals surface area contributed by atoms with Crippen molar-refractivity contribution in [1.82, 2.24) is 4.90 Å². The molecule has 1 aromatic rings. The fourth-order valence-electron chi connectivity index (χ4n) is 3.11. The second-order valence-corrected chi connectivity index (χ2v) is 6.79. The molecule has 4 nitrogen and oxygen atoms in total. The van der Waals surface area contributed by atoms with Gasteiger partial charge in [0.05, 0.1) is 18.4 Å². The third-order valence-corrected chi connectivity index (χ3v) is 5.19. The Balaban J connectivity index is 1.73. The maximum absolute atomic E-state index is 12.7. The Morgan fingerprint density at radius 1 is 1.25 bits per heavy atom. The van der Waals surface area contributed by atoms with Crippen molar-refractivity contribution in [2.24, 2.45) is 11.8 Å². The minimum absolute atomic E-state index is 0.0609. The number of carbonyl (C=O) groups excluding carboxylic acids is 1. The average molecular weight is 293 g/mol. The molecule has 0 bridgehead atoms. The van der Waals surface area contributed by atoms with Gasteiger partial charge in [0.1, 0.15) is 0 Å². The average Bonchev–Trinajstić information content (AvgIpc) is 2.95. The quantitative estimate of drug-likeness (QED) is 0.908. The molecular weight excluding hydrogens is 274 g/mol. The zero-order valence-electron chi connectivity index (χ0n) is 11.3. The fraction of sp³-hybridized carbons (Fsp3) is 0.600. The van der Waals surface area contributed by atoms with Crippen LogP contribution in [0.15, 0.2) is 17.5 Å². The lowest BCUT2D eigenvalue weighted by Gasteiger charge is -2.27. The largest absolute Gasteiger partial charge is 0.481 e. The van der Waals surface area contributed by atoms with Crippen LogP contribution in [0.3, 0.4) is 0 Å². The Hall–Kier alpha value is -1.36. The summed E-state index contributed by atoms with van der Waals surface area (Å²) >= 11 is 1.65. The number of hydrogen-bond acceptors (Lipinski definition) is 3. The molecule has 2 aliphatic rings. The van der Waals surface area contributed by atoms with E-state index in [1.54, 1.807) is 11.3 Å². The lowest BCUT2D eigenvalue weighted by Crippen LogP contribution is -2.40. The molecule has 5 heteroatoms. The van der Waals surface area contributed by atoms with Crippen molar-refractivity contribution in [3.8, 4) is 0 Å². The molecule has 1 amide bonds. The number of hydrogen-bond donors (Lipinski definition) is 1. The summed E-state index contributed by atoms with van der Waals surface area (Å²) in [7, 11) is 0. The van der Waals surface area contributed by atoms with Gasteiger partial charge in [-0.25, -0.2) is 0 Å². The van der Waals surface area contributed by atoms with Crippen LogP contribution in [-0.2, 0) is 16.1 Å². The fourth-order valence-corrected chi connectivity index (χ4v) is 3.81.